The van der Waals surface area contributed by atoms with E-state index in [1.807, 2.05) is 31.2 Å². The molecule has 0 radical (unpaired) electrons. The SMILES string of the molecule is Cc1ccccc1NC(=O)CN1C(=O)C(c2ccc(F)cc2)=NC12CCCCC2. The average Bonchev–Trinajstić information content (AvgIpc) is 2.97. The minimum absolute atomic E-state index is 0.0542. The van der Waals surface area contributed by atoms with Gasteiger partial charge in [0.2, 0.25) is 5.91 Å². The van der Waals surface area contributed by atoms with Crippen molar-refractivity contribution in [2.24, 2.45) is 4.99 Å². The van der Waals surface area contributed by atoms with Crippen LogP contribution in [0, 0.1) is 12.7 Å². The van der Waals surface area contributed by atoms with Crippen molar-refractivity contribution in [3.05, 3.63) is 65.5 Å². The lowest BCUT2D eigenvalue weighted by Crippen LogP contribution is -2.51. The Kier molecular flexibility index (Phi) is 5.18. The number of halogens is 1. The van der Waals surface area contributed by atoms with E-state index < -0.39 is 5.66 Å². The molecule has 1 fully saturated rings. The summed E-state index contributed by atoms with van der Waals surface area (Å²) >= 11 is 0. The third kappa shape index (κ3) is 3.79. The number of amides is 2. The van der Waals surface area contributed by atoms with Gasteiger partial charge >= 0.3 is 0 Å². The zero-order valence-electron chi connectivity index (χ0n) is 16.5. The largest absolute Gasteiger partial charge is 0.324 e. The predicted molar refractivity (Wildman–Crippen MR) is 110 cm³/mol. The third-order valence-electron chi connectivity index (χ3n) is 5.76. The monoisotopic (exact) mass is 393 g/mol. The molecule has 5 nitrogen and oxygen atoms in total. The van der Waals surface area contributed by atoms with Crippen LogP contribution in [0.4, 0.5) is 10.1 Å². The zero-order chi connectivity index (χ0) is 20.4. The molecule has 1 heterocycles. The van der Waals surface area contributed by atoms with Gasteiger partial charge in [-0.15, -0.1) is 0 Å². The maximum Gasteiger partial charge on any atom is 0.275 e. The van der Waals surface area contributed by atoms with Crippen LogP contribution >= 0.6 is 0 Å². The van der Waals surface area contributed by atoms with Crippen molar-refractivity contribution in [3.63, 3.8) is 0 Å². The van der Waals surface area contributed by atoms with Crippen molar-refractivity contribution in [2.75, 3.05) is 11.9 Å². The van der Waals surface area contributed by atoms with Crippen LogP contribution in [0.15, 0.2) is 53.5 Å². The van der Waals surface area contributed by atoms with Gasteiger partial charge in [-0.25, -0.2) is 4.39 Å². The summed E-state index contributed by atoms with van der Waals surface area (Å²) in [6.45, 7) is 1.87. The van der Waals surface area contributed by atoms with Crippen LogP contribution in [-0.2, 0) is 9.59 Å². The molecule has 2 aliphatic rings. The molecule has 0 aromatic heterocycles. The van der Waals surface area contributed by atoms with E-state index in [9.17, 15) is 14.0 Å². The summed E-state index contributed by atoms with van der Waals surface area (Å²) in [6.07, 6.45) is 4.50. The number of anilines is 1. The fourth-order valence-corrected chi connectivity index (χ4v) is 4.19. The number of aliphatic imine (C=N–C) groups is 1. The molecule has 2 amide bonds. The average molecular weight is 393 g/mol. The molecule has 1 aliphatic heterocycles. The van der Waals surface area contributed by atoms with Crippen LogP contribution in [0.25, 0.3) is 0 Å². The van der Waals surface area contributed by atoms with Gasteiger partial charge in [0.25, 0.3) is 5.91 Å². The number of nitrogens with zero attached hydrogens (tertiary/aromatic N) is 2. The van der Waals surface area contributed by atoms with Gasteiger partial charge in [-0.2, -0.15) is 0 Å². The van der Waals surface area contributed by atoms with Gasteiger partial charge in [-0.05, 0) is 68.5 Å². The van der Waals surface area contributed by atoms with E-state index in [4.69, 9.17) is 4.99 Å². The normalized spacial score (nSPS) is 18.1. The summed E-state index contributed by atoms with van der Waals surface area (Å²) in [5.41, 5.74) is 1.92. The van der Waals surface area contributed by atoms with Crippen LogP contribution in [-0.4, -0.2) is 34.6 Å². The number of carbonyl (C=O) groups is 2. The van der Waals surface area contributed by atoms with Crippen molar-refractivity contribution in [1.82, 2.24) is 4.90 Å². The highest BCUT2D eigenvalue weighted by molar-refractivity contribution is 6.47. The van der Waals surface area contributed by atoms with Gasteiger partial charge < -0.3 is 10.2 Å². The molecule has 0 bridgehead atoms. The number of nitrogens with one attached hydrogen (secondary N) is 1. The van der Waals surface area contributed by atoms with E-state index >= 15 is 0 Å². The first-order chi connectivity index (χ1) is 14.0. The first kappa shape index (κ1) is 19.3. The van der Waals surface area contributed by atoms with Gasteiger partial charge in [0.05, 0.1) is 0 Å². The maximum atomic E-state index is 13.3. The molecule has 29 heavy (non-hydrogen) atoms. The Balaban J connectivity index is 1.59. The van der Waals surface area contributed by atoms with Crippen LogP contribution in [0.2, 0.25) is 0 Å². The molecule has 0 saturated heterocycles. The Morgan fingerprint density at radius 3 is 2.48 bits per heavy atom. The number of hydrogen-bond donors (Lipinski definition) is 1. The lowest BCUT2D eigenvalue weighted by molar-refractivity contribution is -0.134. The lowest BCUT2D eigenvalue weighted by Gasteiger charge is -2.38. The molecule has 1 saturated carbocycles. The molecule has 2 aromatic carbocycles. The molecule has 0 atom stereocenters. The molecule has 1 N–H and O–H groups in total. The van der Waals surface area contributed by atoms with E-state index in [-0.39, 0.29) is 24.2 Å². The first-order valence-corrected chi connectivity index (χ1v) is 10.0. The lowest BCUT2D eigenvalue weighted by atomic mass is 9.88. The molecule has 1 aliphatic carbocycles. The van der Waals surface area contributed by atoms with Crippen molar-refractivity contribution in [1.29, 1.82) is 0 Å². The summed E-state index contributed by atoms with van der Waals surface area (Å²) in [7, 11) is 0. The summed E-state index contributed by atoms with van der Waals surface area (Å²) in [6, 6.07) is 13.3. The highest BCUT2D eigenvalue weighted by Gasteiger charge is 2.48. The number of hydrogen-bond acceptors (Lipinski definition) is 3. The van der Waals surface area contributed by atoms with E-state index in [0.29, 0.717) is 11.3 Å². The molecule has 6 heteroatoms. The molecule has 2 aromatic rings. The second kappa shape index (κ2) is 7.78. The molecular formula is C23H24FN3O2. The van der Waals surface area contributed by atoms with Gasteiger partial charge in [0, 0.05) is 11.3 Å². The number of rotatable bonds is 4. The number of benzene rings is 2. The van der Waals surface area contributed by atoms with Crippen molar-refractivity contribution < 1.29 is 14.0 Å². The van der Waals surface area contributed by atoms with Crippen LogP contribution < -0.4 is 5.32 Å². The maximum absolute atomic E-state index is 13.3. The van der Waals surface area contributed by atoms with Gasteiger partial charge in [-0.1, -0.05) is 24.6 Å². The first-order valence-electron chi connectivity index (χ1n) is 10.0. The minimum Gasteiger partial charge on any atom is -0.324 e. The Labute approximate surface area is 169 Å². The summed E-state index contributed by atoms with van der Waals surface area (Å²) < 4.78 is 13.3. The third-order valence-corrected chi connectivity index (χ3v) is 5.76. The number of aryl methyl sites for hydroxylation is 1. The van der Waals surface area contributed by atoms with E-state index in [0.717, 1.165) is 43.4 Å². The molecule has 4 rings (SSSR count). The van der Waals surface area contributed by atoms with Crippen LogP contribution in [0.5, 0.6) is 0 Å². The second-order valence-electron chi connectivity index (χ2n) is 7.76. The van der Waals surface area contributed by atoms with Gasteiger partial charge in [0.1, 0.15) is 23.7 Å². The predicted octanol–water partition coefficient (Wildman–Crippen LogP) is 4.06. The molecular weight excluding hydrogens is 369 g/mol. The smallest absolute Gasteiger partial charge is 0.275 e. The Hall–Kier alpha value is -3.02. The quantitative estimate of drug-likeness (QED) is 0.851. The fourth-order valence-electron chi connectivity index (χ4n) is 4.19. The highest BCUT2D eigenvalue weighted by Crippen LogP contribution is 2.39. The summed E-state index contributed by atoms with van der Waals surface area (Å²) in [5.74, 6) is -0.867. The van der Waals surface area contributed by atoms with Crippen molar-refractivity contribution in [3.8, 4) is 0 Å². The standard InChI is InChI=1S/C23H24FN3O2/c1-16-7-3-4-8-19(16)25-20(28)15-27-22(29)21(17-9-11-18(24)12-10-17)26-23(27)13-5-2-6-14-23/h3-4,7-12H,2,5-6,13-15H2,1H3,(H,25,28). The Morgan fingerprint density at radius 2 is 1.79 bits per heavy atom. The summed E-state index contributed by atoms with van der Waals surface area (Å²) in [4.78, 5) is 32.4. The van der Waals surface area contributed by atoms with Crippen LogP contribution in [0.3, 0.4) is 0 Å². The van der Waals surface area contributed by atoms with E-state index in [1.165, 1.54) is 12.1 Å². The number of carbonyl (C=O) groups excluding carboxylic acids is 2. The van der Waals surface area contributed by atoms with E-state index in [2.05, 4.69) is 5.32 Å². The topological polar surface area (TPSA) is 61.8 Å². The molecule has 150 valence electrons. The number of para-hydroxylation sites is 1. The van der Waals surface area contributed by atoms with Crippen molar-refractivity contribution in [2.45, 2.75) is 44.7 Å². The van der Waals surface area contributed by atoms with Gasteiger partial charge in [0.15, 0.2) is 0 Å². The molecule has 0 unspecified atom stereocenters. The van der Waals surface area contributed by atoms with Crippen LogP contribution in [0.1, 0.15) is 43.2 Å². The molecule has 1 spiro atoms. The van der Waals surface area contributed by atoms with Crippen molar-refractivity contribution >= 4 is 23.2 Å². The fraction of sp³-hybridized carbons (Fsp3) is 0.348. The Morgan fingerprint density at radius 1 is 1.10 bits per heavy atom. The van der Waals surface area contributed by atoms with Gasteiger partial charge in [-0.3, -0.25) is 14.6 Å². The summed E-state index contributed by atoms with van der Waals surface area (Å²) in [5, 5.41) is 2.91. The zero-order valence-corrected chi connectivity index (χ0v) is 16.5. The minimum atomic E-state index is -0.678. The highest BCUT2D eigenvalue weighted by atomic mass is 19.1. The Bertz CT molecular complexity index is 962. The second-order valence-corrected chi connectivity index (χ2v) is 7.76. The van der Waals surface area contributed by atoms with E-state index in [1.54, 1.807) is 17.0 Å².